The molecule has 5 nitrogen and oxygen atoms in total. The Labute approximate surface area is 145 Å². The Morgan fingerprint density at radius 3 is 2.39 bits per heavy atom. The summed E-state index contributed by atoms with van der Waals surface area (Å²) in [6.45, 7) is 0.637. The molecule has 1 unspecified atom stereocenters. The molecule has 0 saturated heterocycles. The number of carbonyl (C=O) groups is 1. The number of rotatable bonds is 9. The van der Waals surface area contributed by atoms with Crippen LogP contribution in [0, 0.1) is 0 Å². The maximum Gasteiger partial charge on any atom is 0.239 e. The summed E-state index contributed by atoms with van der Waals surface area (Å²) >= 11 is 0. The number of hydrogen-bond donors (Lipinski definition) is 1. The summed E-state index contributed by atoms with van der Waals surface area (Å²) in [6, 6.07) is 9.48. The first kappa shape index (κ1) is 21.9. The molecule has 1 aromatic carbocycles. The molecule has 1 aromatic rings. The fourth-order valence-electron chi connectivity index (χ4n) is 2.18. The van der Waals surface area contributed by atoms with Crippen molar-refractivity contribution in [2.45, 2.75) is 31.7 Å². The normalized spacial score (nSPS) is 12.3. The minimum Gasteiger partial charge on any atom is -0.344 e. The van der Waals surface area contributed by atoms with Gasteiger partial charge in [-0.3, -0.25) is 4.79 Å². The summed E-state index contributed by atoms with van der Waals surface area (Å²) in [6.07, 6.45) is 4.21. The number of carbonyl (C=O) groups excluding carboxylic acids is 1. The zero-order valence-corrected chi connectivity index (χ0v) is 15.4. The van der Waals surface area contributed by atoms with Gasteiger partial charge in [0.1, 0.15) is 9.84 Å². The largest absolute Gasteiger partial charge is 0.344 e. The Bertz CT molecular complexity index is 564. The first-order valence-electron chi connectivity index (χ1n) is 7.52. The maximum absolute atomic E-state index is 12.0. The molecular formula is C16H27ClN2O3S. The number of aryl methyl sites for hydroxylation is 1. The Morgan fingerprint density at radius 2 is 1.83 bits per heavy atom. The number of halogens is 1. The van der Waals surface area contributed by atoms with Gasteiger partial charge >= 0.3 is 0 Å². The van der Waals surface area contributed by atoms with Crippen LogP contribution in [-0.2, 0) is 21.1 Å². The van der Waals surface area contributed by atoms with Gasteiger partial charge in [0, 0.05) is 19.8 Å². The van der Waals surface area contributed by atoms with E-state index in [1.807, 2.05) is 18.2 Å². The molecule has 0 aromatic heterocycles. The first-order valence-corrected chi connectivity index (χ1v) is 9.58. The molecule has 0 aliphatic heterocycles. The summed E-state index contributed by atoms with van der Waals surface area (Å²) in [5.41, 5.74) is 7.06. The zero-order valence-electron chi connectivity index (χ0n) is 13.8. The number of nitrogens with two attached hydrogens (primary N) is 1. The number of benzene rings is 1. The molecule has 1 rings (SSSR count). The van der Waals surface area contributed by atoms with Crippen LogP contribution in [0.4, 0.5) is 0 Å². The highest BCUT2D eigenvalue weighted by molar-refractivity contribution is 7.90. The van der Waals surface area contributed by atoms with E-state index in [-0.39, 0.29) is 30.5 Å². The van der Waals surface area contributed by atoms with Gasteiger partial charge in [-0.05, 0) is 31.2 Å². The zero-order chi connectivity index (χ0) is 16.6. The standard InChI is InChI=1S/C16H26N2O3S.ClH/c1-18(16(19)15(17)11-13-22(2,20)21)12-7-6-10-14-8-4-3-5-9-14;/h3-5,8-9,15H,6-7,10-13,17H2,1-2H3;1H. The predicted molar refractivity (Wildman–Crippen MR) is 96.6 cm³/mol. The van der Waals surface area contributed by atoms with E-state index in [9.17, 15) is 13.2 Å². The van der Waals surface area contributed by atoms with Crippen LogP contribution in [0.1, 0.15) is 24.8 Å². The van der Waals surface area contributed by atoms with Crippen molar-refractivity contribution in [2.75, 3.05) is 25.6 Å². The van der Waals surface area contributed by atoms with E-state index < -0.39 is 15.9 Å². The van der Waals surface area contributed by atoms with Crippen molar-refractivity contribution < 1.29 is 13.2 Å². The van der Waals surface area contributed by atoms with Crippen LogP contribution in [-0.4, -0.2) is 50.9 Å². The van der Waals surface area contributed by atoms with E-state index in [4.69, 9.17) is 5.73 Å². The number of amides is 1. The van der Waals surface area contributed by atoms with Gasteiger partial charge < -0.3 is 10.6 Å². The van der Waals surface area contributed by atoms with Gasteiger partial charge in [0.25, 0.3) is 0 Å². The fourth-order valence-corrected chi connectivity index (χ4v) is 2.86. The average Bonchev–Trinajstić information content (AvgIpc) is 2.48. The third-order valence-corrected chi connectivity index (χ3v) is 4.52. The molecule has 132 valence electrons. The van der Waals surface area contributed by atoms with Crippen LogP contribution in [0.2, 0.25) is 0 Å². The van der Waals surface area contributed by atoms with Gasteiger partial charge in [0.15, 0.2) is 0 Å². The molecule has 0 aliphatic rings. The molecule has 0 radical (unpaired) electrons. The van der Waals surface area contributed by atoms with E-state index >= 15 is 0 Å². The van der Waals surface area contributed by atoms with Crippen LogP contribution in [0.15, 0.2) is 30.3 Å². The Hall–Kier alpha value is -1.11. The van der Waals surface area contributed by atoms with Gasteiger partial charge in [-0.2, -0.15) is 0 Å². The van der Waals surface area contributed by atoms with Crippen molar-refractivity contribution in [3.8, 4) is 0 Å². The SMILES string of the molecule is CN(CCCCc1ccccc1)C(=O)C(N)CCS(C)(=O)=O.Cl. The lowest BCUT2D eigenvalue weighted by molar-refractivity contribution is -0.131. The molecule has 0 aliphatic carbocycles. The Balaban J connectivity index is 0.00000484. The minimum atomic E-state index is -3.08. The molecule has 0 bridgehead atoms. The molecular weight excluding hydrogens is 336 g/mol. The van der Waals surface area contributed by atoms with Gasteiger partial charge in [0.05, 0.1) is 11.8 Å². The summed E-state index contributed by atoms with van der Waals surface area (Å²) in [4.78, 5) is 13.6. The molecule has 0 spiro atoms. The van der Waals surface area contributed by atoms with Crippen molar-refractivity contribution >= 4 is 28.2 Å². The van der Waals surface area contributed by atoms with E-state index in [0.717, 1.165) is 25.5 Å². The summed E-state index contributed by atoms with van der Waals surface area (Å²) in [7, 11) is -1.37. The highest BCUT2D eigenvalue weighted by Crippen LogP contribution is 2.06. The molecule has 1 amide bonds. The maximum atomic E-state index is 12.0. The third kappa shape index (κ3) is 9.58. The van der Waals surface area contributed by atoms with E-state index in [1.54, 1.807) is 11.9 Å². The first-order chi connectivity index (χ1) is 10.3. The lowest BCUT2D eigenvalue weighted by Gasteiger charge is -2.21. The molecule has 1 atom stereocenters. The summed E-state index contributed by atoms with van der Waals surface area (Å²) in [5, 5.41) is 0. The second-order valence-electron chi connectivity index (χ2n) is 5.73. The van der Waals surface area contributed by atoms with E-state index in [1.165, 1.54) is 5.56 Å². The van der Waals surface area contributed by atoms with Crippen molar-refractivity contribution in [3.05, 3.63) is 35.9 Å². The summed E-state index contributed by atoms with van der Waals surface area (Å²) in [5.74, 6) is -0.245. The van der Waals surface area contributed by atoms with Crippen molar-refractivity contribution in [1.82, 2.24) is 4.90 Å². The topological polar surface area (TPSA) is 80.5 Å². The van der Waals surface area contributed by atoms with Gasteiger partial charge in [-0.1, -0.05) is 30.3 Å². The second kappa shape index (κ2) is 10.6. The molecule has 0 fully saturated rings. The third-order valence-electron chi connectivity index (χ3n) is 3.54. The Morgan fingerprint density at radius 1 is 1.22 bits per heavy atom. The number of likely N-dealkylation sites (N-methyl/N-ethyl adjacent to an activating group) is 1. The summed E-state index contributed by atoms with van der Waals surface area (Å²) < 4.78 is 22.2. The quantitative estimate of drug-likeness (QED) is 0.677. The lowest BCUT2D eigenvalue weighted by atomic mass is 10.1. The highest BCUT2D eigenvalue weighted by atomic mass is 35.5. The van der Waals surface area contributed by atoms with E-state index in [0.29, 0.717) is 6.54 Å². The van der Waals surface area contributed by atoms with E-state index in [2.05, 4.69) is 12.1 Å². The predicted octanol–water partition coefficient (Wildman–Crippen LogP) is 1.65. The van der Waals surface area contributed by atoms with Crippen LogP contribution in [0.3, 0.4) is 0 Å². The number of sulfone groups is 1. The number of nitrogens with zero attached hydrogens (tertiary/aromatic N) is 1. The van der Waals surface area contributed by atoms with Crippen LogP contribution >= 0.6 is 12.4 Å². The highest BCUT2D eigenvalue weighted by Gasteiger charge is 2.19. The molecule has 7 heteroatoms. The fraction of sp³-hybridized carbons (Fsp3) is 0.562. The molecule has 23 heavy (non-hydrogen) atoms. The van der Waals surface area contributed by atoms with Crippen LogP contribution < -0.4 is 5.73 Å². The van der Waals surface area contributed by atoms with Crippen LogP contribution in [0.25, 0.3) is 0 Å². The number of unbranched alkanes of at least 4 members (excludes halogenated alkanes) is 1. The van der Waals surface area contributed by atoms with Crippen molar-refractivity contribution in [2.24, 2.45) is 5.73 Å². The van der Waals surface area contributed by atoms with Crippen molar-refractivity contribution in [1.29, 1.82) is 0 Å². The van der Waals surface area contributed by atoms with Crippen molar-refractivity contribution in [3.63, 3.8) is 0 Å². The lowest BCUT2D eigenvalue weighted by Crippen LogP contribution is -2.43. The second-order valence-corrected chi connectivity index (χ2v) is 7.99. The van der Waals surface area contributed by atoms with Gasteiger partial charge in [0.2, 0.25) is 5.91 Å². The molecule has 2 N–H and O–H groups in total. The van der Waals surface area contributed by atoms with Gasteiger partial charge in [-0.15, -0.1) is 12.4 Å². The van der Waals surface area contributed by atoms with Gasteiger partial charge in [-0.25, -0.2) is 8.42 Å². The average molecular weight is 363 g/mol. The smallest absolute Gasteiger partial charge is 0.239 e. The Kier molecular flexibility index (Phi) is 10.1. The number of hydrogen-bond acceptors (Lipinski definition) is 4. The van der Waals surface area contributed by atoms with Crippen LogP contribution in [0.5, 0.6) is 0 Å². The minimum absolute atomic E-state index is 0. The molecule has 0 saturated carbocycles. The molecule has 0 heterocycles. The monoisotopic (exact) mass is 362 g/mol.